The first-order valence-corrected chi connectivity index (χ1v) is 15.6. The fraction of sp³-hybridized carbons (Fsp3) is 0.162. The smallest absolute Gasteiger partial charge is 0.165 e. The van der Waals surface area contributed by atoms with Crippen LogP contribution in [0.15, 0.2) is 101 Å². The summed E-state index contributed by atoms with van der Waals surface area (Å²) in [7, 11) is 0. The molecule has 202 valence electrons. The van der Waals surface area contributed by atoms with Gasteiger partial charge in [0.1, 0.15) is 17.0 Å². The third kappa shape index (κ3) is 3.77. The Morgan fingerprint density at radius 1 is 0.595 bits per heavy atom. The van der Waals surface area contributed by atoms with Crippen LogP contribution in [0.25, 0.3) is 75.7 Å². The van der Waals surface area contributed by atoms with E-state index in [-0.39, 0.29) is 0 Å². The van der Waals surface area contributed by atoms with E-state index in [0.29, 0.717) is 5.92 Å². The summed E-state index contributed by atoms with van der Waals surface area (Å²) in [5.41, 5.74) is 3.87. The highest BCUT2D eigenvalue weighted by Crippen LogP contribution is 2.44. The van der Waals surface area contributed by atoms with E-state index < -0.39 is 0 Å². The number of fused-ring (bicyclic) bond motifs is 7. The monoisotopic (exact) mass is 561 g/mol. The summed E-state index contributed by atoms with van der Waals surface area (Å²) in [6.45, 7) is 0. The molecular formula is C37H27N3OS. The summed E-state index contributed by atoms with van der Waals surface area (Å²) in [5.74, 6) is 2.78. The predicted molar refractivity (Wildman–Crippen MR) is 174 cm³/mol. The van der Waals surface area contributed by atoms with Crippen molar-refractivity contribution in [3.8, 4) is 22.8 Å². The van der Waals surface area contributed by atoms with Crippen molar-refractivity contribution in [3.63, 3.8) is 0 Å². The van der Waals surface area contributed by atoms with Crippen molar-refractivity contribution in [2.24, 2.45) is 0 Å². The van der Waals surface area contributed by atoms with E-state index in [1.54, 1.807) is 0 Å². The molecule has 8 aromatic rings. The van der Waals surface area contributed by atoms with Crippen LogP contribution in [0.4, 0.5) is 0 Å². The molecule has 3 heterocycles. The maximum atomic E-state index is 6.13. The van der Waals surface area contributed by atoms with Gasteiger partial charge in [0.15, 0.2) is 11.6 Å². The van der Waals surface area contributed by atoms with Crippen LogP contribution in [0.3, 0.4) is 0 Å². The van der Waals surface area contributed by atoms with Crippen molar-refractivity contribution in [3.05, 3.63) is 103 Å². The number of thiophene rings is 1. The number of aromatic nitrogens is 3. The van der Waals surface area contributed by atoms with E-state index in [1.165, 1.54) is 50.2 Å². The van der Waals surface area contributed by atoms with Crippen molar-refractivity contribution in [2.75, 3.05) is 0 Å². The molecule has 0 amide bonds. The van der Waals surface area contributed by atoms with Crippen molar-refractivity contribution in [2.45, 2.75) is 38.0 Å². The third-order valence-corrected chi connectivity index (χ3v) is 10.1. The first kappa shape index (κ1) is 24.0. The third-order valence-electron chi connectivity index (χ3n) is 8.87. The van der Waals surface area contributed by atoms with Crippen molar-refractivity contribution in [1.82, 2.24) is 15.0 Å². The van der Waals surface area contributed by atoms with Gasteiger partial charge >= 0.3 is 0 Å². The highest BCUT2D eigenvalue weighted by Gasteiger charge is 2.24. The zero-order valence-electron chi connectivity index (χ0n) is 23.0. The van der Waals surface area contributed by atoms with Crippen LogP contribution in [0.2, 0.25) is 0 Å². The van der Waals surface area contributed by atoms with E-state index in [1.807, 2.05) is 23.5 Å². The van der Waals surface area contributed by atoms with Crippen LogP contribution in [-0.2, 0) is 0 Å². The van der Waals surface area contributed by atoms with Gasteiger partial charge in [0.2, 0.25) is 0 Å². The summed E-state index contributed by atoms with van der Waals surface area (Å²) in [5, 5.41) is 7.12. The lowest BCUT2D eigenvalue weighted by Gasteiger charge is -2.21. The summed E-state index contributed by atoms with van der Waals surface area (Å²) in [6, 6.07) is 34.2. The van der Waals surface area contributed by atoms with Gasteiger partial charge in [-0.2, -0.15) is 0 Å². The van der Waals surface area contributed by atoms with Gasteiger partial charge in [-0.05, 0) is 60.0 Å². The van der Waals surface area contributed by atoms with Crippen LogP contribution in [0, 0.1) is 0 Å². The molecule has 0 radical (unpaired) electrons. The van der Waals surface area contributed by atoms with E-state index in [9.17, 15) is 0 Å². The van der Waals surface area contributed by atoms with Crippen LogP contribution in [0.1, 0.15) is 43.8 Å². The molecule has 0 bridgehead atoms. The fourth-order valence-electron chi connectivity index (χ4n) is 6.79. The van der Waals surface area contributed by atoms with Gasteiger partial charge in [-0.25, -0.2) is 15.0 Å². The lowest BCUT2D eigenvalue weighted by atomic mass is 9.88. The highest BCUT2D eigenvalue weighted by atomic mass is 32.1. The number of furan rings is 1. The number of nitrogens with zero attached hydrogens (tertiary/aromatic N) is 3. The Morgan fingerprint density at radius 3 is 2.24 bits per heavy atom. The van der Waals surface area contributed by atoms with Crippen molar-refractivity contribution < 1.29 is 4.42 Å². The van der Waals surface area contributed by atoms with E-state index in [4.69, 9.17) is 19.4 Å². The Labute approximate surface area is 246 Å². The molecule has 42 heavy (non-hydrogen) atoms. The molecule has 0 spiro atoms. The van der Waals surface area contributed by atoms with Gasteiger partial charge in [-0.3, -0.25) is 0 Å². The number of hydrogen-bond acceptors (Lipinski definition) is 5. The normalized spacial score (nSPS) is 14.6. The van der Waals surface area contributed by atoms with Crippen LogP contribution in [-0.4, -0.2) is 15.0 Å². The van der Waals surface area contributed by atoms with Crippen LogP contribution < -0.4 is 0 Å². The highest BCUT2D eigenvalue weighted by molar-refractivity contribution is 7.26. The molecule has 3 aromatic heterocycles. The topological polar surface area (TPSA) is 51.8 Å². The molecule has 9 rings (SSSR count). The summed E-state index contributed by atoms with van der Waals surface area (Å²) >= 11 is 1.83. The second-order valence-corrected chi connectivity index (χ2v) is 12.5. The minimum absolute atomic E-state index is 0.352. The second-order valence-electron chi connectivity index (χ2n) is 11.4. The molecular weight excluding hydrogens is 534 g/mol. The molecule has 4 nitrogen and oxygen atoms in total. The molecule has 0 atom stereocenters. The zero-order valence-corrected chi connectivity index (χ0v) is 23.8. The number of benzene rings is 5. The van der Waals surface area contributed by atoms with Gasteiger partial charge in [0.25, 0.3) is 0 Å². The molecule has 1 aliphatic rings. The van der Waals surface area contributed by atoms with E-state index >= 15 is 0 Å². The molecule has 5 heteroatoms. The molecule has 0 aliphatic heterocycles. The summed E-state index contributed by atoms with van der Waals surface area (Å²) in [6.07, 6.45) is 5.99. The maximum absolute atomic E-state index is 6.13. The Morgan fingerprint density at radius 2 is 1.33 bits per heavy atom. The number of para-hydroxylation sites is 1. The van der Waals surface area contributed by atoms with Gasteiger partial charge in [0, 0.05) is 48.0 Å². The second kappa shape index (κ2) is 9.47. The average Bonchev–Trinajstić information content (AvgIpc) is 3.61. The van der Waals surface area contributed by atoms with Gasteiger partial charge < -0.3 is 4.42 Å². The van der Waals surface area contributed by atoms with Crippen LogP contribution >= 0.6 is 11.3 Å². The zero-order chi connectivity index (χ0) is 27.6. The number of hydrogen-bond donors (Lipinski definition) is 0. The van der Waals surface area contributed by atoms with Crippen molar-refractivity contribution >= 4 is 64.2 Å². The molecule has 5 aromatic carbocycles. The summed E-state index contributed by atoms with van der Waals surface area (Å²) in [4.78, 5) is 15.7. The number of rotatable bonds is 3. The Hall–Kier alpha value is -4.61. The molecule has 1 saturated carbocycles. The molecule has 0 unspecified atom stereocenters. The quantitative estimate of drug-likeness (QED) is 0.215. The van der Waals surface area contributed by atoms with Crippen molar-refractivity contribution in [1.29, 1.82) is 0 Å². The molecule has 1 aliphatic carbocycles. The van der Waals surface area contributed by atoms with Gasteiger partial charge in [0.05, 0.1) is 0 Å². The first-order chi connectivity index (χ1) is 20.8. The summed E-state index contributed by atoms with van der Waals surface area (Å²) < 4.78 is 8.64. The standard InChI is InChI=1S/C37H27N3OS/c1-2-10-22(11-3-1)35-38-36(24-18-19-31-28(21-24)26-14-6-8-16-30(26)41-31)40-37(39-35)33-25-13-5-4-12-23(25)20-29-27-15-7-9-17-32(27)42-34(29)33/h4-9,12-22H,1-3,10-11H2. The van der Waals surface area contributed by atoms with E-state index in [0.717, 1.165) is 63.4 Å². The maximum Gasteiger partial charge on any atom is 0.165 e. The van der Waals surface area contributed by atoms with E-state index in [2.05, 4.69) is 84.9 Å². The molecule has 1 fully saturated rings. The van der Waals surface area contributed by atoms with Crippen LogP contribution in [0.5, 0.6) is 0 Å². The lowest BCUT2D eigenvalue weighted by Crippen LogP contribution is -2.11. The first-order valence-electron chi connectivity index (χ1n) is 14.8. The average molecular weight is 562 g/mol. The SMILES string of the molecule is c1ccc2c(-c3nc(-c4ccc5oc6ccccc6c5c4)nc(C4CCCCC4)n3)c3sc4ccccc4c3cc2c1. The minimum atomic E-state index is 0.352. The molecule has 0 N–H and O–H groups in total. The molecule has 0 saturated heterocycles. The lowest BCUT2D eigenvalue weighted by molar-refractivity contribution is 0.428. The fourth-order valence-corrected chi connectivity index (χ4v) is 8.02. The predicted octanol–water partition coefficient (Wildman–Crippen LogP) is 10.7. The van der Waals surface area contributed by atoms with Gasteiger partial charge in [-0.1, -0.05) is 79.9 Å². The Kier molecular flexibility index (Phi) is 5.42. The Bertz CT molecular complexity index is 2310. The Balaban J connectivity index is 1.34. The van der Waals surface area contributed by atoms with Gasteiger partial charge in [-0.15, -0.1) is 11.3 Å². The minimum Gasteiger partial charge on any atom is -0.456 e. The largest absolute Gasteiger partial charge is 0.456 e.